The Kier molecular flexibility index (Phi) is 4.91. The summed E-state index contributed by atoms with van der Waals surface area (Å²) in [6.45, 7) is 0. The molecule has 2 aromatic heterocycles. The van der Waals surface area contributed by atoms with Crippen molar-refractivity contribution in [2.45, 2.75) is 17.2 Å². The average Bonchev–Trinajstić information content (AvgIpc) is 2.99. The molecule has 0 aliphatic heterocycles. The Bertz CT molecular complexity index is 1080. The van der Waals surface area contributed by atoms with Crippen LogP contribution in [0.5, 0.6) is 0 Å². The van der Waals surface area contributed by atoms with Crippen molar-refractivity contribution in [3.05, 3.63) is 65.2 Å². The van der Waals surface area contributed by atoms with Crippen LogP contribution in [0.3, 0.4) is 0 Å². The number of imidazole rings is 1. The lowest BCUT2D eigenvalue weighted by Crippen LogP contribution is -2.39. The van der Waals surface area contributed by atoms with E-state index in [1.807, 2.05) is 0 Å². The van der Waals surface area contributed by atoms with Gasteiger partial charge in [-0.3, -0.25) is 4.40 Å². The van der Waals surface area contributed by atoms with E-state index < -0.39 is 28.0 Å². The van der Waals surface area contributed by atoms with Gasteiger partial charge < -0.3 is 0 Å². The van der Waals surface area contributed by atoms with E-state index >= 15 is 0 Å². The smallest absolute Gasteiger partial charge is 0.288 e. The monoisotopic (exact) mass is 420 g/mol. The lowest BCUT2D eigenvalue weighted by Gasteiger charge is -2.31. The van der Waals surface area contributed by atoms with Crippen LogP contribution in [-0.2, 0) is 9.92 Å². The zero-order valence-corrected chi connectivity index (χ0v) is 15.3. The number of hydrogen-bond donors (Lipinski definition) is 1. The van der Waals surface area contributed by atoms with Crippen molar-refractivity contribution >= 4 is 27.2 Å². The number of pyridine rings is 1. The van der Waals surface area contributed by atoms with E-state index in [0.717, 1.165) is 42.0 Å². The molecule has 0 radical (unpaired) electrons. The maximum Gasteiger partial charge on any atom is 0.409 e. The highest BCUT2D eigenvalue weighted by Gasteiger charge is 2.47. The largest absolute Gasteiger partial charge is 0.409 e. The highest BCUT2D eigenvalue weighted by atomic mass is 35.5. The van der Waals surface area contributed by atoms with E-state index in [1.165, 1.54) is 18.2 Å². The first kappa shape index (κ1) is 19.6. The van der Waals surface area contributed by atoms with Crippen LogP contribution in [0.2, 0.25) is 5.02 Å². The standard InChI is InChI=1S/C16H13ClF4N4OS/c1-24(15(16(19,20)21)10-2-4-11(17)5-3-10)27(22,26)14-8-23-13-7-6-12(18)9-25(13)14/h2-9,15,22H,1H3/t15-,27-/m1/s1. The molecule has 0 saturated heterocycles. The topological polar surface area (TPSA) is 61.5 Å². The zero-order chi connectivity index (χ0) is 20.0. The number of alkyl halides is 3. The molecule has 1 aromatic carbocycles. The van der Waals surface area contributed by atoms with Gasteiger partial charge in [0.2, 0.25) is 0 Å². The summed E-state index contributed by atoms with van der Waals surface area (Å²) in [5.74, 6) is -0.704. The van der Waals surface area contributed by atoms with Gasteiger partial charge >= 0.3 is 6.18 Å². The van der Waals surface area contributed by atoms with Crippen LogP contribution in [0.4, 0.5) is 17.6 Å². The van der Waals surface area contributed by atoms with Gasteiger partial charge in [-0.25, -0.2) is 18.4 Å². The molecule has 11 heteroatoms. The molecule has 0 bridgehead atoms. The van der Waals surface area contributed by atoms with E-state index in [9.17, 15) is 21.8 Å². The number of hydrogen-bond acceptors (Lipinski definition) is 3. The number of halogens is 5. The summed E-state index contributed by atoms with van der Waals surface area (Å²) in [5, 5.41) is -0.117. The first-order valence-corrected chi connectivity index (χ1v) is 9.37. The van der Waals surface area contributed by atoms with E-state index in [4.69, 9.17) is 16.4 Å². The Hall–Kier alpha value is -2.17. The molecular formula is C16H13ClF4N4OS. The van der Waals surface area contributed by atoms with Gasteiger partial charge in [-0.2, -0.15) is 17.5 Å². The maximum atomic E-state index is 13.7. The van der Waals surface area contributed by atoms with Crippen LogP contribution >= 0.6 is 11.6 Å². The van der Waals surface area contributed by atoms with Crippen molar-refractivity contribution in [3.8, 4) is 0 Å². The van der Waals surface area contributed by atoms with Crippen LogP contribution in [0, 0.1) is 10.6 Å². The summed E-state index contributed by atoms with van der Waals surface area (Å²) in [4.78, 5) is 3.89. The van der Waals surface area contributed by atoms with Crippen LogP contribution in [-0.4, -0.2) is 31.1 Å². The van der Waals surface area contributed by atoms with E-state index in [1.54, 1.807) is 0 Å². The average molecular weight is 421 g/mol. The van der Waals surface area contributed by atoms with E-state index in [0.29, 0.717) is 4.31 Å². The third-order valence-corrected chi connectivity index (χ3v) is 6.13. The van der Waals surface area contributed by atoms with E-state index in [2.05, 4.69) is 4.98 Å². The summed E-state index contributed by atoms with van der Waals surface area (Å²) in [6.07, 6.45) is -2.89. The molecule has 5 nitrogen and oxygen atoms in total. The van der Waals surface area contributed by atoms with Crippen LogP contribution in [0.1, 0.15) is 11.6 Å². The lowest BCUT2D eigenvalue weighted by atomic mass is 10.1. The fourth-order valence-corrected chi connectivity index (χ4v) is 4.25. The second-order valence-electron chi connectivity index (χ2n) is 5.74. The maximum absolute atomic E-state index is 13.7. The summed E-state index contributed by atoms with van der Waals surface area (Å²) < 4.78 is 77.4. The fourth-order valence-electron chi connectivity index (χ4n) is 2.68. The highest BCUT2D eigenvalue weighted by molar-refractivity contribution is 7.90. The van der Waals surface area contributed by atoms with Crippen molar-refractivity contribution in [2.75, 3.05) is 7.05 Å². The first-order chi connectivity index (χ1) is 12.5. The SMILES string of the molecule is CN([C@H](c1ccc(Cl)cc1)C(F)(F)F)[S@@](=N)(=O)c1cnc2ccc(F)cn12. The van der Waals surface area contributed by atoms with Gasteiger partial charge in [0.05, 0.1) is 6.20 Å². The molecule has 27 heavy (non-hydrogen) atoms. The second-order valence-corrected chi connectivity index (χ2v) is 8.22. The predicted octanol–water partition coefficient (Wildman–Crippen LogP) is 4.68. The van der Waals surface area contributed by atoms with Gasteiger partial charge in [0.25, 0.3) is 0 Å². The summed E-state index contributed by atoms with van der Waals surface area (Å²) in [6, 6.07) is 4.90. The third kappa shape index (κ3) is 3.64. The van der Waals surface area contributed by atoms with Crippen LogP contribution < -0.4 is 0 Å². The Morgan fingerprint density at radius 2 is 1.85 bits per heavy atom. The van der Waals surface area contributed by atoms with Gasteiger partial charge in [-0.15, -0.1) is 0 Å². The van der Waals surface area contributed by atoms with Gasteiger partial charge in [0.15, 0.2) is 14.9 Å². The summed E-state index contributed by atoms with van der Waals surface area (Å²) in [7, 11) is -3.23. The Morgan fingerprint density at radius 3 is 2.44 bits per heavy atom. The summed E-state index contributed by atoms with van der Waals surface area (Å²) in [5.41, 5.74) is -0.0656. The number of aromatic nitrogens is 2. The lowest BCUT2D eigenvalue weighted by molar-refractivity contribution is -0.170. The number of nitrogens with one attached hydrogen (secondary N) is 1. The van der Waals surface area contributed by atoms with E-state index in [-0.39, 0.29) is 21.3 Å². The quantitative estimate of drug-likeness (QED) is 0.623. The summed E-state index contributed by atoms with van der Waals surface area (Å²) >= 11 is 5.73. The minimum absolute atomic E-state index is 0.162. The molecule has 0 fully saturated rings. The minimum Gasteiger partial charge on any atom is -0.288 e. The molecule has 0 unspecified atom stereocenters. The number of fused-ring (bicyclic) bond motifs is 1. The van der Waals surface area contributed by atoms with Crippen molar-refractivity contribution in [2.24, 2.45) is 0 Å². The fraction of sp³-hybridized carbons (Fsp3) is 0.188. The molecule has 0 saturated carbocycles. The number of nitrogens with zero attached hydrogens (tertiary/aromatic N) is 3. The van der Waals surface area contributed by atoms with Crippen molar-refractivity contribution in [1.82, 2.24) is 13.7 Å². The minimum atomic E-state index is -4.82. The Labute approximate surface area is 157 Å². The second kappa shape index (κ2) is 6.77. The predicted molar refractivity (Wildman–Crippen MR) is 92.3 cm³/mol. The number of benzene rings is 1. The Balaban J connectivity index is 2.13. The van der Waals surface area contributed by atoms with Crippen LogP contribution in [0.15, 0.2) is 53.8 Å². The molecule has 3 aromatic rings. The molecular weight excluding hydrogens is 408 g/mol. The molecule has 2 heterocycles. The van der Waals surface area contributed by atoms with Gasteiger partial charge in [0, 0.05) is 18.3 Å². The molecule has 2 atom stereocenters. The van der Waals surface area contributed by atoms with Gasteiger partial charge in [-0.1, -0.05) is 23.7 Å². The number of rotatable bonds is 4. The van der Waals surface area contributed by atoms with Crippen molar-refractivity contribution < 1.29 is 21.8 Å². The van der Waals surface area contributed by atoms with Crippen molar-refractivity contribution in [1.29, 1.82) is 4.78 Å². The zero-order valence-electron chi connectivity index (χ0n) is 13.7. The Morgan fingerprint density at radius 1 is 1.22 bits per heavy atom. The normalized spacial score (nSPS) is 15.8. The third-order valence-electron chi connectivity index (χ3n) is 3.98. The molecule has 144 valence electrons. The van der Waals surface area contributed by atoms with Crippen molar-refractivity contribution in [3.63, 3.8) is 0 Å². The molecule has 0 aliphatic carbocycles. The molecule has 0 amide bonds. The molecule has 0 spiro atoms. The van der Waals surface area contributed by atoms with Crippen LogP contribution in [0.25, 0.3) is 5.65 Å². The molecule has 0 aliphatic rings. The van der Waals surface area contributed by atoms with Gasteiger partial charge in [-0.05, 0) is 29.8 Å². The van der Waals surface area contributed by atoms with Gasteiger partial charge in [0.1, 0.15) is 17.5 Å². The molecule has 3 rings (SSSR count). The first-order valence-electron chi connectivity index (χ1n) is 7.48. The molecule has 1 N–H and O–H groups in total. The highest BCUT2D eigenvalue weighted by Crippen LogP contribution is 2.40.